The molecule has 1 heterocycles. The van der Waals surface area contributed by atoms with E-state index in [4.69, 9.17) is 0 Å². The summed E-state index contributed by atoms with van der Waals surface area (Å²) in [4.78, 5) is 20.3. The highest BCUT2D eigenvalue weighted by Crippen LogP contribution is 2.28. The predicted octanol–water partition coefficient (Wildman–Crippen LogP) is 3.70. The number of aromatic nitrogens is 2. The van der Waals surface area contributed by atoms with Crippen molar-refractivity contribution in [2.75, 3.05) is 0 Å². The zero-order valence-corrected chi connectivity index (χ0v) is 13.3. The molecule has 0 aliphatic carbocycles. The van der Waals surface area contributed by atoms with Crippen LogP contribution in [0.3, 0.4) is 0 Å². The van der Waals surface area contributed by atoms with Gasteiger partial charge in [0.25, 0.3) is 5.56 Å². The molecule has 0 aliphatic heterocycles. The van der Waals surface area contributed by atoms with Crippen molar-refractivity contribution in [1.82, 2.24) is 9.97 Å². The molecule has 2 rings (SSSR count). The SMILES string of the molecule is CCc1nc(CSc2ccccc2Br)[nH]c(=O)c1C. The van der Waals surface area contributed by atoms with Crippen LogP contribution >= 0.6 is 27.7 Å². The summed E-state index contributed by atoms with van der Waals surface area (Å²) >= 11 is 5.17. The number of H-pyrrole nitrogens is 1. The number of nitrogens with zero attached hydrogens (tertiary/aromatic N) is 1. The Labute approximate surface area is 125 Å². The number of benzene rings is 1. The Hall–Kier alpha value is -1.07. The Bertz CT molecular complexity index is 640. The van der Waals surface area contributed by atoms with Gasteiger partial charge in [-0.05, 0) is 41.4 Å². The fraction of sp³-hybridized carbons (Fsp3) is 0.286. The first-order chi connectivity index (χ1) is 9.11. The molecular formula is C14H15BrN2OS. The highest BCUT2D eigenvalue weighted by molar-refractivity contribution is 9.10. The Balaban J connectivity index is 2.19. The molecule has 0 bridgehead atoms. The number of thioether (sulfide) groups is 1. The summed E-state index contributed by atoms with van der Waals surface area (Å²) in [5.41, 5.74) is 1.57. The molecular weight excluding hydrogens is 324 g/mol. The summed E-state index contributed by atoms with van der Waals surface area (Å²) < 4.78 is 1.06. The van der Waals surface area contributed by atoms with Gasteiger partial charge in [0.15, 0.2) is 0 Å². The van der Waals surface area contributed by atoms with Gasteiger partial charge in [0.2, 0.25) is 0 Å². The van der Waals surface area contributed by atoms with Gasteiger partial charge in [0.05, 0.1) is 11.4 Å². The van der Waals surface area contributed by atoms with E-state index in [1.54, 1.807) is 11.8 Å². The minimum absolute atomic E-state index is 0.0328. The molecule has 0 spiro atoms. The number of aromatic amines is 1. The molecule has 0 atom stereocenters. The van der Waals surface area contributed by atoms with Crippen LogP contribution in [0.25, 0.3) is 0 Å². The lowest BCUT2D eigenvalue weighted by atomic mass is 10.2. The lowest BCUT2D eigenvalue weighted by molar-refractivity contribution is 0.895. The molecule has 19 heavy (non-hydrogen) atoms. The zero-order chi connectivity index (χ0) is 13.8. The first-order valence-corrected chi connectivity index (χ1v) is 7.85. The number of aryl methyl sites for hydroxylation is 1. The predicted molar refractivity (Wildman–Crippen MR) is 82.7 cm³/mol. The number of rotatable bonds is 4. The Morgan fingerprint density at radius 2 is 2.11 bits per heavy atom. The van der Waals surface area contributed by atoms with E-state index < -0.39 is 0 Å². The second-order valence-electron chi connectivity index (χ2n) is 4.16. The molecule has 0 fully saturated rings. The van der Waals surface area contributed by atoms with Gasteiger partial charge in [-0.15, -0.1) is 11.8 Å². The molecule has 0 unspecified atom stereocenters. The third-order valence-electron chi connectivity index (χ3n) is 2.84. The summed E-state index contributed by atoms with van der Waals surface area (Å²) in [5, 5.41) is 0. The van der Waals surface area contributed by atoms with E-state index in [0.29, 0.717) is 5.75 Å². The lowest BCUT2D eigenvalue weighted by Gasteiger charge is -2.06. The Morgan fingerprint density at radius 1 is 1.37 bits per heavy atom. The summed E-state index contributed by atoms with van der Waals surface area (Å²) in [7, 11) is 0. The van der Waals surface area contributed by atoms with Crippen molar-refractivity contribution < 1.29 is 0 Å². The quantitative estimate of drug-likeness (QED) is 0.864. The maximum atomic E-state index is 11.8. The van der Waals surface area contributed by atoms with E-state index in [9.17, 15) is 4.79 Å². The smallest absolute Gasteiger partial charge is 0.254 e. The average Bonchev–Trinajstić information content (AvgIpc) is 2.41. The minimum Gasteiger partial charge on any atom is -0.310 e. The van der Waals surface area contributed by atoms with E-state index in [0.717, 1.165) is 32.9 Å². The van der Waals surface area contributed by atoms with Gasteiger partial charge in [0, 0.05) is 14.9 Å². The van der Waals surface area contributed by atoms with Crippen molar-refractivity contribution >= 4 is 27.7 Å². The second-order valence-corrected chi connectivity index (χ2v) is 6.03. The molecule has 1 aromatic carbocycles. The molecule has 5 heteroatoms. The highest BCUT2D eigenvalue weighted by atomic mass is 79.9. The van der Waals surface area contributed by atoms with Gasteiger partial charge in [0.1, 0.15) is 5.82 Å². The molecule has 1 N–H and O–H groups in total. The molecule has 0 amide bonds. The minimum atomic E-state index is -0.0328. The van der Waals surface area contributed by atoms with Crippen molar-refractivity contribution in [3.8, 4) is 0 Å². The van der Waals surface area contributed by atoms with E-state index in [1.807, 2.05) is 38.1 Å². The maximum absolute atomic E-state index is 11.8. The van der Waals surface area contributed by atoms with Gasteiger partial charge in [-0.2, -0.15) is 0 Å². The fourth-order valence-corrected chi connectivity index (χ4v) is 3.19. The average molecular weight is 339 g/mol. The van der Waals surface area contributed by atoms with E-state index >= 15 is 0 Å². The molecule has 2 aromatic rings. The van der Waals surface area contributed by atoms with Crippen LogP contribution in [0.1, 0.15) is 24.0 Å². The van der Waals surface area contributed by atoms with E-state index in [2.05, 4.69) is 25.9 Å². The summed E-state index contributed by atoms with van der Waals surface area (Å²) in [5.74, 6) is 1.39. The molecule has 1 aromatic heterocycles. The van der Waals surface area contributed by atoms with E-state index in [1.165, 1.54) is 0 Å². The summed E-state index contributed by atoms with van der Waals surface area (Å²) in [6.07, 6.45) is 0.780. The Morgan fingerprint density at radius 3 is 2.79 bits per heavy atom. The largest absolute Gasteiger partial charge is 0.310 e. The number of halogens is 1. The molecule has 0 saturated heterocycles. The number of nitrogens with one attached hydrogen (secondary N) is 1. The molecule has 3 nitrogen and oxygen atoms in total. The maximum Gasteiger partial charge on any atom is 0.254 e. The van der Waals surface area contributed by atoms with Crippen LogP contribution in [0.2, 0.25) is 0 Å². The Kier molecular flexibility index (Phi) is 4.82. The normalized spacial score (nSPS) is 10.7. The van der Waals surface area contributed by atoms with Crippen molar-refractivity contribution in [3.63, 3.8) is 0 Å². The topological polar surface area (TPSA) is 45.8 Å². The fourth-order valence-electron chi connectivity index (χ4n) is 1.75. The monoisotopic (exact) mass is 338 g/mol. The lowest BCUT2D eigenvalue weighted by Crippen LogP contribution is -2.17. The van der Waals surface area contributed by atoms with Gasteiger partial charge in [-0.25, -0.2) is 4.98 Å². The van der Waals surface area contributed by atoms with Crippen LogP contribution in [0.4, 0.5) is 0 Å². The van der Waals surface area contributed by atoms with Crippen LogP contribution in [0, 0.1) is 6.92 Å². The van der Waals surface area contributed by atoms with Gasteiger partial charge in [-0.1, -0.05) is 19.1 Å². The van der Waals surface area contributed by atoms with Crippen LogP contribution in [-0.4, -0.2) is 9.97 Å². The van der Waals surface area contributed by atoms with Crippen molar-refractivity contribution in [1.29, 1.82) is 0 Å². The van der Waals surface area contributed by atoms with Crippen LogP contribution in [-0.2, 0) is 12.2 Å². The van der Waals surface area contributed by atoms with Crippen molar-refractivity contribution in [2.45, 2.75) is 30.9 Å². The van der Waals surface area contributed by atoms with Crippen molar-refractivity contribution in [3.05, 3.63) is 56.2 Å². The molecule has 0 aliphatic rings. The van der Waals surface area contributed by atoms with Gasteiger partial charge in [-0.3, -0.25) is 4.79 Å². The van der Waals surface area contributed by atoms with Crippen LogP contribution in [0.15, 0.2) is 38.4 Å². The standard InChI is InChI=1S/C14H15BrN2OS/c1-3-11-9(2)14(18)17-13(16-11)8-19-12-7-5-4-6-10(12)15/h4-7H,3,8H2,1-2H3,(H,16,17,18). The summed E-state index contributed by atoms with van der Waals surface area (Å²) in [6.45, 7) is 3.83. The zero-order valence-electron chi connectivity index (χ0n) is 10.9. The highest BCUT2D eigenvalue weighted by Gasteiger charge is 2.07. The van der Waals surface area contributed by atoms with Gasteiger partial charge >= 0.3 is 0 Å². The first kappa shape index (κ1) is 14.3. The third kappa shape index (κ3) is 3.48. The number of hydrogen-bond acceptors (Lipinski definition) is 3. The van der Waals surface area contributed by atoms with Gasteiger partial charge < -0.3 is 4.98 Å². The third-order valence-corrected chi connectivity index (χ3v) is 4.88. The van der Waals surface area contributed by atoms with Crippen LogP contribution < -0.4 is 5.56 Å². The summed E-state index contributed by atoms with van der Waals surface area (Å²) in [6, 6.07) is 8.03. The van der Waals surface area contributed by atoms with Crippen molar-refractivity contribution in [2.24, 2.45) is 0 Å². The number of hydrogen-bond donors (Lipinski definition) is 1. The first-order valence-electron chi connectivity index (χ1n) is 6.07. The second kappa shape index (κ2) is 6.39. The van der Waals surface area contributed by atoms with Crippen LogP contribution in [0.5, 0.6) is 0 Å². The molecule has 0 radical (unpaired) electrons. The molecule has 100 valence electrons. The molecule has 0 saturated carbocycles. The van der Waals surface area contributed by atoms with E-state index in [-0.39, 0.29) is 5.56 Å².